The second kappa shape index (κ2) is 6.41. The van der Waals surface area contributed by atoms with Crippen LogP contribution < -0.4 is 5.32 Å². The number of aliphatic carboxylic acids is 1. The third kappa shape index (κ3) is 5.73. The number of rotatable bonds is 5. The lowest BCUT2D eigenvalue weighted by Crippen LogP contribution is -2.39. The molecule has 0 spiro atoms. The first-order valence-electron chi connectivity index (χ1n) is 6.49. The SMILES string of the molecule is CC(C)(C)CC(CC(=O)O)NC(=O)c1ccc(O)cc1. The predicted octanol–water partition coefficient (Wildman–Crippen LogP) is 2.40. The maximum Gasteiger partial charge on any atom is 0.305 e. The number of carboxylic acid groups (broad SMARTS) is 1. The zero-order valence-corrected chi connectivity index (χ0v) is 12.0. The van der Waals surface area contributed by atoms with Crippen LogP contribution in [-0.2, 0) is 4.79 Å². The highest BCUT2D eigenvalue weighted by atomic mass is 16.4. The van der Waals surface area contributed by atoms with Crippen molar-refractivity contribution in [1.29, 1.82) is 0 Å². The van der Waals surface area contributed by atoms with E-state index in [9.17, 15) is 14.7 Å². The van der Waals surface area contributed by atoms with Crippen molar-refractivity contribution in [2.75, 3.05) is 0 Å². The molecule has 1 atom stereocenters. The molecule has 1 aromatic carbocycles. The van der Waals surface area contributed by atoms with Gasteiger partial charge >= 0.3 is 5.97 Å². The molecular formula is C15H21NO4. The van der Waals surface area contributed by atoms with E-state index in [0.717, 1.165) is 0 Å². The first-order chi connectivity index (χ1) is 9.17. The topological polar surface area (TPSA) is 86.6 Å². The Morgan fingerprint density at radius 3 is 2.20 bits per heavy atom. The molecule has 1 amide bonds. The Morgan fingerprint density at radius 2 is 1.75 bits per heavy atom. The Hall–Kier alpha value is -2.04. The summed E-state index contributed by atoms with van der Waals surface area (Å²) in [6, 6.07) is 5.42. The molecule has 0 fully saturated rings. The smallest absolute Gasteiger partial charge is 0.305 e. The van der Waals surface area contributed by atoms with Crippen molar-refractivity contribution in [2.24, 2.45) is 5.41 Å². The van der Waals surface area contributed by atoms with Crippen LogP contribution >= 0.6 is 0 Å². The molecule has 0 aliphatic rings. The number of phenols is 1. The van der Waals surface area contributed by atoms with E-state index in [-0.39, 0.29) is 23.5 Å². The number of carbonyl (C=O) groups is 2. The van der Waals surface area contributed by atoms with E-state index in [1.165, 1.54) is 24.3 Å². The Balaban J connectivity index is 2.75. The van der Waals surface area contributed by atoms with Gasteiger partial charge in [0, 0.05) is 11.6 Å². The Morgan fingerprint density at radius 1 is 1.20 bits per heavy atom. The Labute approximate surface area is 118 Å². The lowest BCUT2D eigenvalue weighted by molar-refractivity contribution is -0.137. The molecule has 0 aliphatic heterocycles. The van der Waals surface area contributed by atoms with Gasteiger partial charge in [-0.15, -0.1) is 0 Å². The highest BCUT2D eigenvalue weighted by Crippen LogP contribution is 2.22. The van der Waals surface area contributed by atoms with Crippen molar-refractivity contribution < 1.29 is 19.8 Å². The Kier molecular flexibility index (Phi) is 5.13. The van der Waals surface area contributed by atoms with Crippen molar-refractivity contribution in [2.45, 2.75) is 39.7 Å². The number of phenolic OH excluding ortho intramolecular Hbond substituents is 1. The van der Waals surface area contributed by atoms with Gasteiger partial charge in [-0.2, -0.15) is 0 Å². The van der Waals surface area contributed by atoms with Gasteiger partial charge in [-0.25, -0.2) is 0 Å². The molecule has 110 valence electrons. The van der Waals surface area contributed by atoms with E-state index in [1.54, 1.807) is 0 Å². The fourth-order valence-electron chi connectivity index (χ4n) is 2.01. The maximum atomic E-state index is 12.0. The number of hydrogen-bond acceptors (Lipinski definition) is 3. The van der Waals surface area contributed by atoms with Crippen molar-refractivity contribution in [3.05, 3.63) is 29.8 Å². The average molecular weight is 279 g/mol. The molecule has 1 aromatic rings. The van der Waals surface area contributed by atoms with Crippen LogP contribution in [0.2, 0.25) is 0 Å². The first-order valence-corrected chi connectivity index (χ1v) is 6.49. The molecule has 0 radical (unpaired) electrons. The van der Waals surface area contributed by atoms with Gasteiger partial charge in [-0.1, -0.05) is 20.8 Å². The van der Waals surface area contributed by atoms with E-state index in [2.05, 4.69) is 5.32 Å². The number of aromatic hydroxyl groups is 1. The highest BCUT2D eigenvalue weighted by molar-refractivity contribution is 5.94. The summed E-state index contributed by atoms with van der Waals surface area (Å²) in [7, 11) is 0. The van der Waals surface area contributed by atoms with Crippen LogP contribution in [0.1, 0.15) is 44.0 Å². The number of carboxylic acids is 1. The lowest BCUT2D eigenvalue weighted by atomic mass is 9.87. The number of hydrogen-bond donors (Lipinski definition) is 3. The number of carbonyl (C=O) groups excluding carboxylic acids is 1. The van der Waals surface area contributed by atoms with E-state index in [0.29, 0.717) is 12.0 Å². The molecule has 5 heteroatoms. The van der Waals surface area contributed by atoms with Crippen molar-refractivity contribution in [3.63, 3.8) is 0 Å². The van der Waals surface area contributed by atoms with Crippen LogP contribution in [-0.4, -0.2) is 28.1 Å². The molecule has 0 saturated heterocycles. The summed E-state index contributed by atoms with van der Waals surface area (Å²) in [5.74, 6) is -1.19. The second-order valence-corrected chi connectivity index (χ2v) is 6.08. The maximum absolute atomic E-state index is 12.0. The van der Waals surface area contributed by atoms with Gasteiger partial charge in [0.2, 0.25) is 0 Å². The molecule has 1 unspecified atom stereocenters. The van der Waals surface area contributed by atoms with Gasteiger partial charge in [0.05, 0.1) is 6.42 Å². The zero-order valence-electron chi connectivity index (χ0n) is 12.0. The minimum absolute atomic E-state index is 0.0810. The van der Waals surface area contributed by atoms with E-state index >= 15 is 0 Å². The third-order valence-electron chi connectivity index (χ3n) is 2.74. The molecular weight excluding hydrogens is 258 g/mol. The molecule has 0 heterocycles. The molecule has 0 aliphatic carbocycles. The van der Waals surface area contributed by atoms with Crippen LogP contribution in [0.3, 0.4) is 0 Å². The molecule has 3 N–H and O–H groups in total. The molecule has 0 aromatic heterocycles. The second-order valence-electron chi connectivity index (χ2n) is 6.08. The molecule has 0 saturated carbocycles. The average Bonchev–Trinajstić information content (AvgIpc) is 2.26. The summed E-state index contributed by atoms with van der Waals surface area (Å²) in [6.07, 6.45) is 0.463. The van der Waals surface area contributed by atoms with E-state index in [1.807, 2.05) is 20.8 Å². The third-order valence-corrected chi connectivity index (χ3v) is 2.74. The van der Waals surface area contributed by atoms with Gasteiger partial charge in [-0.3, -0.25) is 9.59 Å². The number of amides is 1. The van der Waals surface area contributed by atoms with Gasteiger partial charge < -0.3 is 15.5 Å². The van der Waals surface area contributed by atoms with Crippen LogP contribution in [0.5, 0.6) is 5.75 Å². The first kappa shape index (κ1) is 16.0. The highest BCUT2D eigenvalue weighted by Gasteiger charge is 2.23. The minimum atomic E-state index is -0.940. The van der Waals surface area contributed by atoms with Crippen LogP contribution in [0, 0.1) is 5.41 Å². The summed E-state index contributed by atoms with van der Waals surface area (Å²) < 4.78 is 0. The van der Waals surface area contributed by atoms with Crippen LogP contribution in [0.4, 0.5) is 0 Å². The van der Waals surface area contributed by atoms with E-state index in [4.69, 9.17) is 5.11 Å². The lowest BCUT2D eigenvalue weighted by Gasteiger charge is -2.25. The molecule has 5 nitrogen and oxygen atoms in total. The standard InChI is InChI=1S/C15H21NO4/c1-15(2,3)9-11(8-13(18)19)16-14(20)10-4-6-12(17)7-5-10/h4-7,11,17H,8-9H2,1-3H3,(H,16,20)(H,18,19). The predicted molar refractivity (Wildman–Crippen MR) is 75.7 cm³/mol. The minimum Gasteiger partial charge on any atom is -0.508 e. The molecule has 0 bridgehead atoms. The number of nitrogens with one attached hydrogen (secondary N) is 1. The van der Waals surface area contributed by atoms with Crippen molar-refractivity contribution in [1.82, 2.24) is 5.32 Å². The zero-order chi connectivity index (χ0) is 15.3. The van der Waals surface area contributed by atoms with Gasteiger partial charge in [0.1, 0.15) is 5.75 Å². The normalized spacial score (nSPS) is 12.8. The largest absolute Gasteiger partial charge is 0.508 e. The molecule has 20 heavy (non-hydrogen) atoms. The summed E-state index contributed by atoms with van der Waals surface area (Å²) in [4.78, 5) is 22.9. The van der Waals surface area contributed by atoms with Crippen molar-refractivity contribution >= 4 is 11.9 Å². The van der Waals surface area contributed by atoms with Gasteiger partial charge in [0.25, 0.3) is 5.91 Å². The molecule has 1 rings (SSSR count). The summed E-state index contributed by atoms with van der Waals surface area (Å²) in [5, 5.41) is 20.8. The fraction of sp³-hybridized carbons (Fsp3) is 0.467. The van der Waals surface area contributed by atoms with Crippen molar-refractivity contribution in [3.8, 4) is 5.75 Å². The fourth-order valence-corrected chi connectivity index (χ4v) is 2.01. The monoisotopic (exact) mass is 279 g/mol. The summed E-state index contributed by atoms with van der Waals surface area (Å²) >= 11 is 0. The number of benzene rings is 1. The Bertz CT molecular complexity index is 474. The van der Waals surface area contributed by atoms with Crippen LogP contribution in [0.15, 0.2) is 24.3 Å². The summed E-state index contributed by atoms with van der Waals surface area (Å²) in [5.41, 5.74) is 0.314. The summed E-state index contributed by atoms with van der Waals surface area (Å²) in [6.45, 7) is 5.98. The quantitative estimate of drug-likeness (QED) is 0.772. The van der Waals surface area contributed by atoms with Gasteiger partial charge in [-0.05, 0) is 36.1 Å². The van der Waals surface area contributed by atoms with E-state index < -0.39 is 12.0 Å². The van der Waals surface area contributed by atoms with Gasteiger partial charge in [0.15, 0.2) is 0 Å². The van der Waals surface area contributed by atoms with Crippen LogP contribution in [0.25, 0.3) is 0 Å².